The number of rotatable bonds is 7. The van der Waals surface area contributed by atoms with Crippen molar-refractivity contribution in [1.29, 1.82) is 0 Å². The van der Waals surface area contributed by atoms with E-state index >= 15 is 0 Å². The summed E-state index contributed by atoms with van der Waals surface area (Å²) in [6.45, 7) is 1.44. The Balaban J connectivity index is 2.30. The van der Waals surface area contributed by atoms with Gasteiger partial charge in [0.25, 0.3) is 0 Å². The number of sulfonamides is 1. The Hall–Kier alpha value is -2.87. The van der Waals surface area contributed by atoms with E-state index in [1.54, 1.807) is 36.4 Å². The molecule has 0 unspecified atom stereocenters. The largest absolute Gasteiger partial charge is 0.478 e. The van der Waals surface area contributed by atoms with Gasteiger partial charge in [-0.2, -0.15) is 0 Å². The third-order valence-electron chi connectivity index (χ3n) is 3.76. The van der Waals surface area contributed by atoms with E-state index in [2.05, 4.69) is 5.32 Å². The van der Waals surface area contributed by atoms with Crippen molar-refractivity contribution in [2.45, 2.75) is 13.3 Å². The van der Waals surface area contributed by atoms with Gasteiger partial charge in [-0.15, -0.1) is 0 Å². The molecule has 26 heavy (non-hydrogen) atoms. The molecule has 0 spiro atoms. The van der Waals surface area contributed by atoms with Crippen LogP contribution < -0.4 is 9.62 Å². The van der Waals surface area contributed by atoms with Gasteiger partial charge < -0.3 is 10.4 Å². The van der Waals surface area contributed by atoms with E-state index < -0.39 is 28.4 Å². The Morgan fingerprint density at radius 2 is 1.69 bits per heavy atom. The number of aromatic carboxylic acids is 1. The van der Waals surface area contributed by atoms with E-state index in [4.69, 9.17) is 0 Å². The fraction of sp³-hybridized carbons (Fsp3) is 0.222. The van der Waals surface area contributed by atoms with Crippen LogP contribution in [0.3, 0.4) is 0 Å². The van der Waals surface area contributed by atoms with Gasteiger partial charge in [-0.25, -0.2) is 13.2 Å². The number of carbonyl (C=O) groups is 2. The SMILES string of the molecule is CCc1ccccc1N(CC(=O)Nc1ccccc1C(=O)O)S(C)(=O)=O. The fourth-order valence-electron chi connectivity index (χ4n) is 2.53. The first-order chi connectivity index (χ1) is 12.2. The average molecular weight is 376 g/mol. The number of nitrogens with one attached hydrogen (secondary N) is 1. The predicted octanol–water partition coefficient (Wildman–Crippen LogP) is 2.35. The molecule has 8 heteroatoms. The van der Waals surface area contributed by atoms with Gasteiger partial charge in [0.15, 0.2) is 0 Å². The maximum Gasteiger partial charge on any atom is 0.337 e. The minimum Gasteiger partial charge on any atom is -0.478 e. The Morgan fingerprint density at radius 1 is 1.08 bits per heavy atom. The average Bonchev–Trinajstić information content (AvgIpc) is 2.59. The number of hydrogen-bond acceptors (Lipinski definition) is 4. The quantitative estimate of drug-likeness (QED) is 0.772. The molecule has 138 valence electrons. The van der Waals surface area contributed by atoms with Crippen LogP contribution in [0, 0.1) is 0 Å². The lowest BCUT2D eigenvalue weighted by Crippen LogP contribution is -2.38. The summed E-state index contributed by atoms with van der Waals surface area (Å²) >= 11 is 0. The van der Waals surface area contributed by atoms with Gasteiger partial charge >= 0.3 is 5.97 Å². The molecule has 7 nitrogen and oxygen atoms in total. The van der Waals surface area contributed by atoms with Gasteiger partial charge in [0.05, 0.1) is 23.2 Å². The molecule has 0 bridgehead atoms. The number of para-hydroxylation sites is 2. The van der Waals surface area contributed by atoms with Crippen LogP contribution >= 0.6 is 0 Å². The van der Waals surface area contributed by atoms with Crippen molar-refractivity contribution in [1.82, 2.24) is 0 Å². The van der Waals surface area contributed by atoms with E-state index in [1.807, 2.05) is 6.92 Å². The summed E-state index contributed by atoms with van der Waals surface area (Å²) in [6, 6.07) is 12.9. The number of carbonyl (C=O) groups excluding carboxylic acids is 1. The molecular weight excluding hydrogens is 356 g/mol. The third kappa shape index (κ3) is 4.60. The van der Waals surface area contributed by atoms with Crippen LogP contribution in [-0.2, 0) is 21.2 Å². The second kappa shape index (κ2) is 8.01. The highest BCUT2D eigenvalue weighted by Gasteiger charge is 2.23. The topological polar surface area (TPSA) is 104 Å². The number of aryl methyl sites for hydroxylation is 1. The molecule has 0 aliphatic heterocycles. The van der Waals surface area contributed by atoms with Crippen molar-refractivity contribution < 1.29 is 23.1 Å². The van der Waals surface area contributed by atoms with Crippen LogP contribution in [0.15, 0.2) is 48.5 Å². The predicted molar refractivity (Wildman–Crippen MR) is 100 cm³/mol. The van der Waals surface area contributed by atoms with Crippen LogP contribution in [0.1, 0.15) is 22.8 Å². The molecule has 2 rings (SSSR count). The lowest BCUT2D eigenvalue weighted by molar-refractivity contribution is -0.114. The van der Waals surface area contributed by atoms with Gasteiger partial charge in [-0.3, -0.25) is 9.10 Å². The molecule has 1 amide bonds. The van der Waals surface area contributed by atoms with Gasteiger partial charge in [-0.1, -0.05) is 37.3 Å². The zero-order valence-corrected chi connectivity index (χ0v) is 15.3. The second-order valence-corrected chi connectivity index (χ2v) is 7.56. The van der Waals surface area contributed by atoms with Crippen LogP contribution in [0.25, 0.3) is 0 Å². The van der Waals surface area contributed by atoms with E-state index in [9.17, 15) is 23.1 Å². The maximum atomic E-state index is 12.4. The standard InChI is InChI=1S/C18H20N2O5S/c1-3-13-8-4-7-11-16(13)20(26(2,24)25)12-17(21)19-15-10-6-5-9-14(15)18(22)23/h4-11H,3,12H2,1-2H3,(H,19,21)(H,22,23). The Morgan fingerprint density at radius 3 is 2.31 bits per heavy atom. The number of carboxylic acid groups (broad SMARTS) is 1. The number of carboxylic acids is 1. The normalized spacial score (nSPS) is 11.0. The van der Waals surface area contributed by atoms with Crippen molar-refractivity contribution in [3.8, 4) is 0 Å². The third-order valence-corrected chi connectivity index (χ3v) is 4.89. The molecule has 0 aliphatic rings. The zero-order chi connectivity index (χ0) is 19.3. The Kier molecular flexibility index (Phi) is 5.99. The monoisotopic (exact) mass is 376 g/mol. The highest BCUT2D eigenvalue weighted by molar-refractivity contribution is 7.92. The van der Waals surface area contributed by atoms with Crippen LogP contribution in [-0.4, -0.2) is 38.2 Å². The van der Waals surface area contributed by atoms with Gasteiger partial charge in [0, 0.05) is 0 Å². The minimum atomic E-state index is -3.71. The van der Waals surface area contributed by atoms with Crippen LogP contribution in [0.4, 0.5) is 11.4 Å². The summed E-state index contributed by atoms with van der Waals surface area (Å²) < 4.78 is 25.4. The molecule has 2 N–H and O–H groups in total. The highest BCUT2D eigenvalue weighted by atomic mass is 32.2. The first kappa shape index (κ1) is 19.5. The molecular formula is C18H20N2O5S. The van der Waals surface area contributed by atoms with Gasteiger partial charge in [-0.05, 0) is 30.2 Å². The van der Waals surface area contributed by atoms with E-state index in [0.29, 0.717) is 12.1 Å². The van der Waals surface area contributed by atoms with E-state index in [1.165, 1.54) is 12.1 Å². The van der Waals surface area contributed by atoms with Crippen molar-refractivity contribution in [3.05, 3.63) is 59.7 Å². The lowest BCUT2D eigenvalue weighted by atomic mass is 10.1. The zero-order valence-electron chi connectivity index (χ0n) is 14.5. The molecule has 0 heterocycles. The molecule has 0 aromatic heterocycles. The molecule has 2 aromatic rings. The number of nitrogens with zero attached hydrogens (tertiary/aromatic N) is 1. The van der Waals surface area contributed by atoms with Crippen molar-refractivity contribution in [2.75, 3.05) is 22.4 Å². The van der Waals surface area contributed by atoms with Crippen molar-refractivity contribution >= 4 is 33.3 Å². The molecule has 0 saturated heterocycles. The number of anilines is 2. The minimum absolute atomic E-state index is 0.0688. The number of hydrogen-bond donors (Lipinski definition) is 2. The maximum absolute atomic E-state index is 12.4. The number of amides is 1. The molecule has 2 aromatic carbocycles. The molecule has 0 radical (unpaired) electrons. The van der Waals surface area contributed by atoms with Crippen molar-refractivity contribution in [3.63, 3.8) is 0 Å². The first-order valence-electron chi connectivity index (χ1n) is 7.91. The molecule has 0 fully saturated rings. The van der Waals surface area contributed by atoms with E-state index in [-0.39, 0.29) is 11.3 Å². The Labute approximate surface area is 152 Å². The first-order valence-corrected chi connectivity index (χ1v) is 9.76. The molecule has 0 aliphatic carbocycles. The summed E-state index contributed by atoms with van der Waals surface area (Å²) in [5.41, 5.74) is 1.26. The second-order valence-electron chi connectivity index (χ2n) is 5.65. The summed E-state index contributed by atoms with van der Waals surface area (Å²) in [5.74, 6) is -1.81. The Bertz CT molecular complexity index is 925. The summed E-state index contributed by atoms with van der Waals surface area (Å²) in [4.78, 5) is 23.6. The summed E-state index contributed by atoms with van der Waals surface area (Å²) in [7, 11) is -3.71. The number of benzene rings is 2. The van der Waals surface area contributed by atoms with Crippen molar-refractivity contribution in [2.24, 2.45) is 0 Å². The smallest absolute Gasteiger partial charge is 0.337 e. The lowest BCUT2D eigenvalue weighted by Gasteiger charge is -2.24. The summed E-state index contributed by atoms with van der Waals surface area (Å²) in [5, 5.41) is 11.7. The van der Waals surface area contributed by atoms with Gasteiger partial charge in [0.1, 0.15) is 6.54 Å². The summed E-state index contributed by atoms with van der Waals surface area (Å²) in [6.07, 6.45) is 1.63. The molecule has 0 saturated carbocycles. The highest BCUT2D eigenvalue weighted by Crippen LogP contribution is 2.23. The molecule has 0 atom stereocenters. The van der Waals surface area contributed by atoms with Crippen LogP contribution in [0.2, 0.25) is 0 Å². The fourth-order valence-corrected chi connectivity index (χ4v) is 3.42. The van der Waals surface area contributed by atoms with Crippen LogP contribution in [0.5, 0.6) is 0 Å². The van der Waals surface area contributed by atoms with E-state index in [0.717, 1.165) is 16.1 Å². The van der Waals surface area contributed by atoms with Gasteiger partial charge in [0.2, 0.25) is 15.9 Å².